The predicted octanol–water partition coefficient (Wildman–Crippen LogP) is -0.226. The Morgan fingerprint density at radius 3 is 2.64 bits per heavy atom. The number of fused-ring (bicyclic) bond motifs is 1. The third-order valence-electron chi connectivity index (χ3n) is 4.47. The van der Waals surface area contributed by atoms with Crippen LogP contribution in [0.4, 0.5) is 5.82 Å². The van der Waals surface area contributed by atoms with Gasteiger partial charge in [0.2, 0.25) is 0 Å². The third kappa shape index (κ3) is 2.85. The Labute approximate surface area is 159 Å². The molecule has 144 valence electrons. The zero-order valence-corrected chi connectivity index (χ0v) is 15.2. The van der Waals surface area contributed by atoms with Gasteiger partial charge in [-0.2, -0.15) is 0 Å². The van der Waals surface area contributed by atoms with E-state index in [1.54, 1.807) is 0 Å². The summed E-state index contributed by atoms with van der Waals surface area (Å²) in [5, 5.41) is 2.08. The van der Waals surface area contributed by atoms with Crippen LogP contribution >= 0.6 is 0 Å². The molecule has 0 saturated carbocycles. The van der Waals surface area contributed by atoms with E-state index >= 15 is 0 Å². The molecule has 2 aromatic rings. The van der Waals surface area contributed by atoms with Gasteiger partial charge in [-0.05, 0) is 24.6 Å². The Morgan fingerprint density at radius 2 is 1.93 bits per heavy atom. The number of hydrogen-bond acceptors (Lipinski definition) is 7. The second kappa shape index (κ2) is 6.30. The van der Waals surface area contributed by atoms with Gasteiger partial charge >= 0.3 is 0 Å². The number of nitrogens with zero attached hydrogens (tertiary/aromatic N) is 2. The Hall–Kier alpha value is -3.47. The molecule has 3 heterocycles. The first-order chi connectivity index (χ1) is 13.3. The van der Waals surface area contributed by atoms with E-state index in [-0.39, 0.29) is 27.5 Å². The van der Waals surface area contributed by atoms with Crippen LogP contribution in [-0.2, 0) is 10.0 Å². The number of aromatic nitrogens is 1. The summed E-state index contributed by atoms with van der Waals surface area (Å²) >= 11 is 0. The summed E-state index contributed by atoms with van der Waals surface area (Å²) in [7, 11) is -3.90. The van der Waals surface area contributed by atoms with Gasteiger partial charge in [-0.3, -0.25) is 34.0 Å². The molecule has 11 heteroatoms. The lowest BCUT2D eigenvalue weighted by atomic mass is 10.1. The van der Waals surface area contributed by atoms with Crippen LogP contribution < -0.4 is 21.3 Å². The maximum atomic E-state index is 12.6. The Balaban J connectivity index is 1.81. The van der Waals surface area contributed by atoms with Crippen molar-refractivity contribution in [3.05, 3.63) is 51.8 Å². The van der Waals surface area contributed by atoms with E-state index in [1.807, 2.05) is 0 Å². The van der Waals surface area contributed by atoms with Gasteiger partial charge in [0.15, 0.2) is 0 Å². The zero-order chi connectivity index (χ0) is 20.1. The summed E-state index contributed by atoms with van der Waals surface area (Å²) in [5.74, 6) is -1.27. The van der Waals surface area contributed by atoms with E-state index in [1.165, 1.54) is 24.3 Å². The van der Waals surface area contributed by atoms with Gasteiger partial charge < -0.3 is 5.73 Å². The van der Waals surface area contributed by atoms with E-state index in [0.29, 0.717) is 18.8 Å². The highest BCUT2D eigenvalue weighted by atomic mass is 32.2. The zero-order valence-electron chi connectivity index (χ0n) is 14.4. The van der Waals surface area contributed by atoms with Crippen molar-refractivity contribution in [3.63, 3.8) is 0 Å². The summed E-state index contributed by atoms with van der Waals surface area (Å²) in [4.78, 5) is 40.2. The van der Waals surface area contributed by atoms with Gasteiger partial charge in [0.1, 0.15) is 11.7 Å². The number of benzene rings is 1. The second-order valence-electron chi connectivity index (χ2n) is 6.31. The van der Waals surface area contributed by atoms with Crippen molar-refractivity contribution >= 4 is 33.5 Å². The molecular weight excluding hydrogens is 386 g/mol. The first-order valence-electron chi connectivity index (χ1n) is 8.36. The summed E-state index contributed by atoms with van der Waals surface area (Å²) in [6.45, 7) is 0.569. The van der Waals surface area contributed by atoms with Crippen LogP contribution in [0, 0.1) is 0 Å². The van der Waals surface area contributed by atoms with Crippen LogP contribution in [-0.4, -0.2) is 37.2 Å². The third-order valence-corrected chi connectivity index (χ3v) is 5.84. The number of nitrogen functional groups attached to an aromatic ring is 1. The van der Waals surface area contributed by atoms with Crippen LogP contribution in [0.15, 0.2) is 45.0 Å². The molecule has 0 saturated heterocycles. The minimum Gasteiger partial charge on any atom is -0.384 e. The van der Waals surface area contributed by atoms with Crippen LogP contribution in [0.5, 0.6) is 0 Å². The molecular formula is C17H15N5O5S. The fourth-order valence-corrected chi connectivity index (χ4v) is 4.30. The first kappa shape index (κ1) is 17.9. The number of hydrogen-bond donors (Lipinski definition) is 3. The molecule has 0 fully saturated rings. The predicted molar refractivity (Wildman–Crippen MR) is 100 cm³/mol. The molecule has 0 bridgehead atoms. The van der Waals surface area contributed by atoms with Crippen molar-refractivity contribution in [2.45, 2.75) is 17.7 Å². The molecule has 1 aromatic heterocycles. The highest BCUT2D eigenvalue weighted by Gasteiger charge is 2.32. The van der Waals surface area contributed by atoms with Gasteiger partial charge in [-0.1, -0.05) is 6.07 Å². The number of imide groups is 1. The molecule has 28 heavy (non-hydrogen) atoms. The first-order valence-corrected chi connectivity index (χ1v) is 9.84. The minimum absolute atomic E-state index is 0.0908. The molecule has 10 nitrogen and oxygen atoms in total. The molecule has 0 unspecified atom stereocenters. The van der Waals surface area contributed by atoms with Crippen LogP contribution in [0.2, 0.25) is 0 Å². The molecule has 0 aliphatic carbocycles. The summed E-state index contributed by atoms with van der Waals surface area (Å²) in [6.07, 6.45) is 1.32. The van der Waals surface area contributed by atoms with Gasteiger partial charge in [-0.15, -0.1) is 0 Å². The van der Waals surface area contributed by atoms with Crippen molar-refractivity contribution in [3.8, 4) is 5.69 Å². The van der Waals surface area contributed by atoms with Crippen molar-refractivity contribution in [1.82, 2.24) is 14.6 Å². The van der Waals surface area contributed by atoms with Crippen LogP contribution in [0.1, 0.15) is 33.6 Å². The van der Waals surface area contributed by atoms with Gasteiger partial charge in [0, 0.05) is 19.0 Å². The molecule has 0 radical (unpaired) electrons. The fraction of sp³-hybridized carbons (Fsp3) is 0.176. The van der Waals surface area contributed by atoms with Crippen molar-refractivity contribution in [1.29, 1.82) is 0 Å². The second-order valence-corrected chi connectivity index (χ2v) is 7.99. The largest absolute Gasteiger partial charge is 0.384 e. The summed E-state index contributed by atoms with van der Waals surface area (Å²) in [5.41, 5.74) is 5.24. The number of pyridine rings is 1. The standard InChI is InChI=1S/C17H15N5O5S/c18-15-14-11(16(24)20-17(14)25)8-13(23)22(15)9-3-1-4-10(7-9)28(26,27)21-12-5-2-6-19-12/h1,3-4,7-8H,2,5-6,18H2,(H,19,21)(H,20,24,25). The van der Waals surface area contributed by atoms with E-state index in [4.69, 9.17) is 5.73 Å². The number of amides is 2. The Bertz CT molecular complexity index is 1230. The van der Waals surface area contributed by atoms with Gasteiger partial charge in [0.25, 0.3) is 27.4 Å². The average Bonchev–Trinajstić information content (AvgIpc) is 3.23. The molecule has 2 aliphatic heterocycles. The number of anilines is 1. The number of sulfonamides is 1. The number of rotatable bonds is 3. The lowest BCUT2D eigenvalue weighted by Gasteiger charge is -2.13. The Morgan fingerprint density at radius 1 is 1.14 bits per heavy atom. The SMILES string of the molecule is Nc1c2c(cc(=O)n1-c1cccc(S(=O)(=O)NC3=NCCC3)c1)C(=O)NC2=O. The number of nitrogens with one attached hydrogen (secondary N) is 2. The molecule has 0 atom stereocenters. The van der Waals surface area contributed by atoms with E-state index in [2.05, 4.69) is 15.0 Å². The average molecular weight is 401 g/mol. The maximum absolute atomic E-state index is 12.6. The number of amidine groups is 1. The molecule has 4 rings (SSSR count). The van der Waals surface area contributed by atoms with E-state index in [9.17, 15) is 22.8 Å². The van der Waals surface area contributed by atoms with Crippen molar-refractivity contribution in [2.24, 2.45) is 4.99 Å². The highest BCUT2D eigenvalue weighted by molar-refractivity contribution is 7.90. The van der Waals surface area contributed by atoms with Gasteiger partial charge in [0.05, 0.1) is 21.7 Å². The number of carbonyl (C=O) groups is 2. The monoisotopic (exact) mass is 401 g/mol. The quantitative estimate of drug-likeness (QED) is 0.604. The molecule has 0 spiro atoms. The fourth-order valence-electron chi connectivity index (χ4n) is 3.17. The Kier molecular flexibility index (Phi) is 4.03. The number of aliphatic imine (C=N–C) groups is 1. The minimum atomic E-state index is -3.90. The molecule has 2 amide bonds. The number of carbonyl (C=O) groups excluding carboxylic acids is 2. The summed E-state index contributed by atoms with van der Waals surface area (Å²) < 4.78 is 28.6. The maximum Gasteiger partial charge on any atom is 0.262 e. The smallest absolute Gasteiger partial charge is 0.262 e. The molecule has 2 aliphatic rings. The van der Waals surface area contributed by atoms with Crippen molar-refractivity contribution < 1.29 is 18.0 Å². The normalized spacial score (nSPS) is 15.9. The van der Waals surface area contributed by atoms with Crippen LogP contribution in [0.25, 0.3) is 5.69 Å². The number of nitrogens with two attached hydrogens (primary N) is 1. The molecule has 1 aromatic carbocycles. The topological polar surface area (TPSA) is 153 Å². The van der Waals surface area contributed by atoms with Gasteiger partial charge in [-0.25, -0.2) is 8.42 Å². The molecule has 4 N–H and O–H groups in total. The van der Waals surface area contributed by atoms with E-state index in [0.717, 1.165) is 17.1 Å². The lowest BCUT2D eigenvalue weighted by Crippen LogP contribution is -2.29. The van der Waals surface area contributed by atoms with Crippen molar-refractivity contribution in [2.75, 3.05) is 12.3 Å². The highest BCUT2D eigenvalue weighted by Crippen LogP contribution is 2.24. The summed E-state index contributed by atoms with van der Waals surface area (Å²) in [6, 6.07) is 6.55. The van der Waals surface area contributed by atoms with E-state index < -0.39 is 27.4 Å². The van der Waals surface area contributed by atoms with Crippen LogP contribution in [0.3, 0.4) is 0 Å². The lowest BCUT2D eigenvalue weighted by molar-refractivity contribution is 0.0880.